The maximum Gasteiger partial charge on any atom is 0.261 e. The van der Waals surface area contributed by atoms with Gasteiger partial charge >= 0.3 is 0 Å². The van der Waals surface area contributed by atoms with E-state index in [1.54, 1.807) is 54.6 Å². The lowest BCUT2D eigenvalue weighted by molar-refractivity contribution is -0.133. The van der Waals surface area contributed by atoms with Crippen molar-refractivity contribution < 1.29 is 14.3 Å². The molecule has 0 bridgehead atoms. The summed E-state index contributed by atoms with van der Waals surface area (Å²) in [6, 6.07) is 6.89. The minimum atomic E-state index is -0.401. The minimum Gasteiger partial charge on any atom is -0.496 e. The second-order valence-corrected chi connectivity index (χ2v) is 9.36. The number of ether oxygens (including phenoxy) is 1. The zero-order valence-electron chi connectivity index (χ0n) is 20.0. The Hall–Kier alpha value is -3.92. The molecule has 10 nitrogen and oxygen atoms in total. The second-order valence-electron chi connectivity index (χ2n) is 8.92. The number of aromatic nitrogens is 5. The molecule has 0 saturated carbocycles. The molecule has 2 amide bonds. The van der Waals surface area contributed by atoms with Crippen LogP contribution in [0.1, 0.15) is 30.1 Å². The van der Waals surface area contributed by atoms with Crippen molar-refractivity contribution in [3.8, 4) is 17.0 Å². The van der Waals surface area contributed by atoms with Crippen molar-refractivity contribution in [2.75, 3.05) is 25.5 Å². The van der Waals surface area contributed by atoms with Crippen molar-refractivity contribution in [1.82, 2.24) is 29.3 Å². The summed E-state index contributed by atoms with van der Waals surface area (Å²) in [6.07, 6.45) is 8.54. The third-order valence-corrected chi connectivity index (χ3v) is 6.49. The number of carbonyl (C=O) groups is 2. The fraction of sp³-hybridized carbons (Fsp3) is 0.320. The molecular weight excluding hydrogens is 482 g/mol. The van der Waals surface area contributed by atoms with E-state index in [1.165, 1.54) is 10.7 Å². The first kappa shape index (κ1) is 23.8. The molecule has 1 atom stereocenters. The number of amides is 2. The van der Waals surface area contributed by atoms with Crippen LogP contribution in [0.15, 0.2) is 49.1 Å². The van der Waals surface area contributed by atoms with Crippen LogP contribution in [0.2, 0.25) is 5.02 Å². The van der Waals surface area contributed by atoms with E-state index in [0.29, 0.717) is 44.8 Å². The number of nitrogens with zero attached hydrogens (tertiary/aromatic N) is 6. The van der Waals surface area contributed by atoms with E-state index in [9.17, 15) is 9.59 Å². The Bertz CT molecular complexity index is 1430. The fourth-order valence-electron chi connectivity index (χ4n) is 4.49. The van der Waals surface area contributed by atoms with Crippen LogP contribution >= 0.6 is 11.6 Å². The highest BCUT2D eigenvalue weighted by molar-refractivity contribution is 6.31. The van der Waals surface area contributed by atoms with Crippen LogP contribution in [-0.2, 0) is 11.3 Å². The molecule has 1 unspecified atom stereocenters. The largest absolute Gasteiger partial charge is 0.496 e. The lowest BCUT2D eigenvalue weighted by Crippen LogP contribution is -2.40. The van der Waals surface area contributed by atoms with Crippen LogP contribution in [-0.4, -0.2) is 61.3 Å². The Morgan fingerprint density at radius 3 is 2.97 bits per heavy atom. The van der Waals surface area contributed by atoms with Crippen molar-refractivity contribution in [3.05, 3.63) is 59.6 Å². The average molecular weight is 508 g/mol. The summed E-state index contributed by atoms with van der Waals surface area (Å²) < 4.78 is 8.59. The topological polar surface area (TPSA) is 107 Å². The summed E-state index contributed by atoms with van der Waals surface area (Å²) in [5.41, 5.74) is 2.18. The molecule has 1 fully saturated rings. The summed E-state index contributed by atoms with van der Waals surface area (Å²) in [7, 11) is 1.55. The van der Waals surface area contributed by atoms with Crippen molar-refractivity contribution in [1.29, 1.82) is 0 Å². The third-order valence-electron chi connectivity index (χ3n) is 6.26. The molecule has 0 spiro atoms. The maximum absolute atomic E-state index is 13.2. The summed E-state index contributed by atoms with van der Waals surface area (Å²) in [4.78, 5) is 32.4. The lowest BCUT2D eigenvalue weighted by atomic mass is 10.0. The number of piperidine rings is 1. The van der Waals surface area contributed by atoms with Crippen molar-refractivity contribution in [3.63, 3.8) is 0 Å². The number of hydrogen-bond acceptors (Lipinski definition) is 6. The number of nitrogens with one attached hydrogen (secondary N) is 1. The predicted octanol–water partition coefficient (Wildman–Crippen LogP) is 3.77. The molecule has 3 aromatic heterocycles. The minimum absolute atomic E-state index is 0.0154. The van der Waals surface area contributed by atoms with E-state index in [1.807, 2.05) is 4.90 Å². The monoisotopic (exact) mass is 507 g/mol. The quantitative estimate of drug-likeness (QED) is 0.426. The van der Waals surface area contributed by atoms with E-state index in [0.717, 1.165) is 25.9 Å². The molecule has 5 rings (SSSR count). The molecule has 186 valence electrons. The van der Waals surface area contributed by atoms with Gasteiger partial charge < -0.3 is 15.0 Å². The number of anilines is 1. The van der Waals surface area contributed by atoms with Gasteiger partial charge in [-0.25, -0.2) is 9.50 Å². The Balaban J connectivity index is 1.49. The van der Waals surface area contributed by atoms with Crippen molar-refractivity contribution >= 4 is 34.7 Å². The van der Waals surface area contributed by atoms with Gasteiger partial charge in [0.05, 0.1) is 19.0 Å². The smallest absolute Gasteiger partial charge is 0.261 e. The van der Waals surface area contributed by atoms with Gasteiger partial charge in [0.2, 0.25) is 5.91 Å². The number of fused-ring (bicyclic) bond motifs is 1. The Labute approximate surface area is 212 Å². The van der Waals surface area contributed by atoms with Crippen LogP contribution in [0.4, 0.5) is 5.69 Å². The summed E-state index contributed by atoms with van der Waals surface area (Å²) in [5, 5.41) is 12.3. The second kappa shape index (κ2) is 9.98. The van der Waals surface area contributed by atoms with E-state index in [4.69, 9.17) is 16.3 Å². The average Bonchev–Trinajstić information content (AvgIpc) is 3.48. The Kier molecular flexibility index (Phi) is 6.60. The maximum atomic E-state index is 13.2. The van der Waals surface area contributed by atoms with E-state index in [2.05, 4.69) is 27.4 Å². The lowest BCUT2D eigenvalue weighted by Gasteiger charge is -2.30. The number of likely N-dealkylation sites (tertiary alicyclic amines) is 1. The summed E-state index contributed by atoms with van der Waals surface area (Å²) in [5.74, 6) is 0.593. The van der Waals surface area contributed by atoms with Gasteiger partial charge in [-0.3, -0.25) is 14.3 Å². The van der Waals surface area contributed by atoms with E-state index < -0.39 is 5.91 Å². The van der Waals surface area contributed by atoms with Crippen LogP contribution in [0.25, 0.3) is 16.9 Å². The number of methoxy groups -OCH3 is 1. The van der Waals surface area contributed by atoms with Gasteiger partial charge in [0, 0.05) is 42.3 Å². The van der Waals surface area contributed by atoms with Gasteiger partial charge in [0.25, 0.3) is 5.91 Å². The molecule has 0 radical (unpaired) electrons. The first-order chi connectivity index (χ1) is 17.4. The molecule has 1 N–H and O–H groups in total. The highest BCUT2D eigenvalue weighted by Crippen LogP contribution is 2.36. The highest BCUT2D eigenvalue weighted by Gasteiger charge is 2.24. The SMILES string of the molecule is COc1ccc(Cl)cc1-c1nn(CC(=O)N2CCCC(C)C2)cc1NC(=O)c1cnn2cccnc12. The van der Waals surface area contributed by atoms with E-state index >= 15 is 0 Å². The summed E-state index contributed by atoms with van der Waals surface area (Å²) in [6.45, 7) is 3.68. The number of benzene rings is 1. The van der Waals surface area contributed by atoms with E-state index in [-0.39, 0.29) is 12.5 Å². The molecule has 4 aromatic rings. The first-order valence-corrected chi connectivity index (χ1v) is 12.1. The molecule has 1 aliphatic rings. The molecule has 1 saturated heterocycles. The van der Waals surface area contributed by atoms with Gasteiger partial charge in [-0.1, -0.05) is 18.5 Å². The summed E-state index contributed by atoms with van der Waals surface area (Å²) >= 11 is 6.28. The Morgan fingerprint density at radius 2 is 2.17 bits per heavy atom. The zero-order valence-corrected chi connectivity index (χ0v) is 20.8. The molecule has 0 aliphatic carbocycles. The van der Waals surface area contributed by atoms with Gasteiger partial charge in [-0.15, -0.1) is 0 Å². The highest BCUT2D eigenvalue weighted by atomic mass is 35.5. The fourth-order valence-corrected chi connectivity index (χ4v) is 4.66. The van der Waals surface area contributed by atoms with Gasteiger partial charge in [-0.2, -0.15) is 10.2 Å². The van der Waals surface area contributed by atoms with Crippen molar-refractivity contribution in [2.24, 2.45) is 5.92 Å². The van der Waals surface area contributed by atoms with Gasteiger partial charge in [0.15, 0.2) is 5.65 Å². The third kappa shape index (κ3) is 4.76. The van der Waals surface area contributed by atoms with Crippen LogP contribution in [0.5, 0.6) is 5.75 Å². The standard InChI is InChI=1S/C25H26ClN7O3/c1-16-5-3-9-31(13-16)22(34)15-32-14-20(23(30-32)18-11-17(26)6-7-21(18)36-2)29-25(35)19-12-28-33-10-4-8-27-24(19)33/h4,6-8,10-12,14,16H,3,5,9,13,15H2,1-2H3,(H,29,35). The molecule has 1 aliphatic heterocycles. The molecule has 36 heavy (non-hydrogen) atoms. The number of rotatable bonds is 6. The first-order valence-electron chi connectivity index (χ1n) is 11.7. The molecular formula is C25H26ClN7O3. The number of carbonyl (C=O) groups excluding carboxylic acids is 2. The van der Waals surface area contributed by atoms with Crippen molar-refractivity contribution in [2.45, 2.75) is 26.3 Å². The molecule has 4 heterocycles. The van der Waals surface area contributed by atoms with Crippen LogP contribution < -0.4 is 10.1 Å². The normalized spacial score (nSPS) is 15.8. The van der Waals surface area contributed by atoms with Gasteiger partial charge in [-0.05, 0) is 43.0 Å². The molecule has 1 aromatic carbocycles. The number of halogens is 1. The Morgan fingerprint density at radius 1 is 1.31 bits per heavy atom. The van der Waals surface area contributed by atoms with Gasteiger partial charge in [0.1, 0.15) is 23.6 Å². The van der Waals surface area contributed by atoms with Crippen LogP contribution in [0, 0.1) is 5.92 Å². The molecule has 11 heteroatoms. The van der Waals surface area contributed by atoms with Crippen LogP contribution in [0.3, 0.4) is 0 Å². The predicted molar refractivity (Wildman–Crippen MR) is 135 cm³/mol. The number of hydrogen-bond donors (Lipinski definition) is 1. The zero-order chi connectivity index (χ0) is 25.2.